The molecule has 1 atom stereocenters. The van der Waals surface area contributed by atoms with E-state index in [0.717, 1.165) is 25.2 Å². The lowest BCUT2D eigenvalue weighted by molar-refractivity contribution is 0.102. The third-order valence-corrected chi connectivity index (χ3v) is 5.61. The Balaban J connectivity index is 1.43. The standard InChI is InChI=1S/C22H20N2O3S/c25-22(23-19-7-11-21(12-8-19)28(26)27)17-5-9-20(10-6-17)24-14-13-16-3-1-2-4-18(16)15-24/h1-12H,13-15H2,(H,23,25)(H,26,27). The van der Waals surface area contributed by atoms with Gasteiger partial charge in [0, 0.05) is 30.0 Å². The second kappa shape index (κ2) is 7.96. The average molecular weight is 392 g/mol. The van der Waals surface area contributed by atoms with Gasteiger partial charge in [-0.1, -0.05) is 24.3 Å². The molecule has 0 aliphatic carbocycles. The number of rotatable bonds is 4. The lowest BCUT2D eigenvalue weighted by Gasteiger charge is -2.30. The van der Waals surface area contributed by atoms with Gasteiger partial charge in [-0.25, -0.2) is 4.21 Å². The molecule has 6 heteroatoms. The van der Waals surface area contributed by atoms with Crippen molar-refractivity contribution in [1.82, 2.24) is 0 Å². The van der Waals surface area contributed by atoms with E-state index in [9.17, 15) is 9.00 Å². The Morgan fingerprint density at radius 1 is 0.929 bits per heavy atom. The molecule has 0 spiro atoms. The Morgan fingerprint density at radius 3 is 2.29 bits per heavy atom. The third kappa shape index (κ3) is 3.98. The van der Waals surface area contributed by atoms with Crippen LogP contribution in [0.1, 0.15) is 21.5 Å². The second-order valence-corrected chi connectivity index (χ2v) is 7.68. The van der Waals surface area contributed by atoms with Gasteiger partial charge in [-0.05, 0) is 66.1 Å². The molecular weight excluding hydrogens is 372 g/mol. The fourth-order valence-corrected chi connectivity index (χ4v) is 3.77. The molecular formula is C22H20N2O3S. The summed E-state index contributed by atoms with van der Waals surface area (Å²) in [6.07, 6.45) is 1.02. The van der Waals surface area contributed by atoms with E-state index in [1.807, 2.05) is 24.3 Å². The van der Waals surface area contributed by atoms with Gasteiger partial charge in [-0.3, -0.25) is 4.79 Å². The second-order valence-electron chi connectivity index (χ2n) is 6.71. The van der Waals surface area contributed by atoms with Crippen LogP contribution in [0.15, 0.2) is 77.7 Å². The lowest BCUT2D eigenvalue weighted by Crippen LogP contribution is -2.30. The molecule has 1 amide bonds. The molecule has 1 unspecified atom stereocenters. The van der Waals surface area contributed by atoms with Gasteiger partial charge in [0.05, 0.1) is 4.90 Å². The van der Waals surface area contributed by atoms with E-state index < -0.39 is 11.1 Å². The fourth-order valence-electron chi connectivity index (χ4n) is 3.40. The third-order valence-electron chi connectivity index (χ3n) is 4.94. The summed E-state index contributed by atoms with van der Waals surface area (Å²) in [5.74, 6) is -0.214. The van der Waals surface area contributed by atoms with E-state index in [2.05, 4.69) is 34.5 Å². The van der Waals surface area contributed by atoms with Crippen LogP contribution >= 0.6 is 0 Å². The molecule has 5 nitrogen and oxygen atoms in total. The molecule has 3 aromatic carbocycles. The van der Waals surface area contributed by atoms with Gasteiger partial charge in [0.15, 0.2) is 11.1 Å². The van der Waals surface area contributed by atoms with Crippen molar-refractivity contribution in [3.8, 4) is 0 Å². The van der Waals surface area contributed by atoms with Crippen molar-refractivity contribution >= 4 is 28.4 Å². The van der Waals surface area contributed by atoms with Crippen LogP contribution in [-0.2, 0) is 24.0 Å². The van der Waals surface area contributed by atoms with E-state index >= 15 is 0 Å². The minimum absolute atomic E-state index is 0.214. The van der Waals surface area contributed by atoms with Gasteiger partial charge in [0.2, 0.25) is 0 Å². The van der Waals surface area contributed by atoms with E-state index in [1.54, 1.807) is 12.1 Å². The summed E-state index contributed by atoms with van der Waals surface area (Å²) < 4.78 is 20.0. The number of carbonyl (C=O) groups is 1. The van der Waals surface area contributed by atoms with Crippen LogP contribution in [0.25, 0.3) is 0 Å². The number of benzene rings is 3. The van der Waals surface area contributed by atoms with Crippen molar-refractivity contribution in [1.29, 1.82) is 0 Å². The first-order chi connectivity index (χ1) is 13.6. The number of nitrogens with zero attached hydrogens (tertiary/aromatic N) is 1. The maximum Gasteiger partial charge on any atom is 0.255 e. The molecule has 1 aliphatic heterocycles. The lowest BCUT2D eigenvalue weighted by atomic mass is 9.99. The Hall–Kier alpha value is -2.96. The van der Waals surface area contributed by atoms with Crippen LogP contribution in [0.2, 0.25) is 0 Å². The Morgan fingerprint density at radius 2 is 1.61 bits per heavy atom. The number of hydrogen-bond acceptors (Lipinski definition) is 3. The molecule has 0 saturated carbocycles. The monoisotopic (exact) mass is 392 g/mol. The Kier molecular flexibility index (Phi) is 5.23. The number of nitrogens with one attached hydrogen (secondary N) is 1. The highest BCUT2D eigenvalue weighted by atomic mass is 32.2. The SMILES string of the molecule is O=C(Nc1ccc(S(=O)O)cc1)c1ccc(N2CCc3ccccc3C2)cc1. The predicted octanol–water partition coefficient (Wildman–Crippen LogP) is 4.08. The zero-order chi connectivity index (χ0) is 19.5. The van der Waals surface area contributed by atoms with Gasteiger partial charge >= 0.3 is 0 Å². The van der Waals surface area contributed by atoms with Crippen LogP contribution in [0.5, 0.6) is 0 Å². The molecule has 0 fully saturated rings. The summed E-state index contributed by atoms with van der Waals surface area (Å²) in [5, 5.41) is 2.80. The van der Waals surface area contributed by atoms with Gasteiger partial charge in [-0.2, -0.15) is 0 Å². The first-order valence-electron chi connectivity index (χ1n) is 9.04. The Labute approximate surface area is 166 Å². The zero-order valence-corrected chi connectivity index (χ0v) is 16.0. The summed E-state index contributed by atoms with van der Waals surface area (Å²) in [4.78, 5) is 15.1. The summed E-state index contributed by atoms with van der Waals surface area (Å²) in [6, 6.07) is 22.4. The fraction of sp³-hybridized carbons (Fsp3) is 0.136. The van der Waals surface area contributed by atoms with E-state index in [-0.39, 0.29) is 5.91 Å². The minimum atomic E-state index is -2.02. The van der Waals surface area contributed by atoms with E-state index in [1.165, 1.54) is 23.3 Å². The molecule has 0 radical (unpaired) electrons. The number of carbonyl (C=O) groups excluding carboxylic acids is 1. The molecule has 142 valence electrons. The molecule has 0 saturated heterocycles. The number of anilines is 2. The van der Waals surface area contributed by atoms with Gasteiger partial charge in [0.1, 0.15) is 0 Å². The summed E-state index contributed by atoms with van der Waals surface area (Å²) in [6.45, 7) is 1.83. The maximum absolute atomic E-state index is 12.5. The number of fused-ring (bicyclic) bond motifs is 1. The van der Waals surface area contributed by atoms with Crippen LogP contribution in [0.4, 0.5) is 11.4 Å². The molecule has 1 heterocycles. The normalized spacial score (nSPS) is 14.2. The highest BCUT2D eigenvalue weighted by Gasteiger charge is 2.16. The first-order valence-corrected chi connectivity index (χ1v) is 10.1. The summed E-state index contributed by atoms with van der Waals surface area (Å²) in [5.41, 5.74) is 5.00. The maximum atomic E-state index is 12.5. The average Bonchev–Trinajstić information content (AvgIpc) is 2.74. The first kappa shape index (κ1) is 18.4. The molecule has 2 N–H and O–H groups in total. The molecule has 4 rings (SSSR count). The molecule has 3 aromatic rings. The molecule has 28 heavy (non-hydrogen) atoms. The predicted molar refractivity (Wildman–Crippen MR) is 111 cm³/mol. The van der Waals surface area contributed by atoms with Crippen LogP contribution in [0.3, 0.4) is 0 Å². The van der Waals surface area contributed by atoms with Gasteiger partial charge in [-0.15, -0.1) is 0 Å². The molecule has 0 aromatic heterocycles. The van der Waals surface area contributed by atoms with E-state index in [0.29, 0.717) is 16.1 Å². The summed E-state index contributed by atoms with van der Waals surface area (Å²) >= 11 is -2.02. The van der Waals surface area contributed by atoms with E-state index in [4.69, 9.17) is 4.55 Å². The van der Waals surface area contributed by atoms with Gasteiger partial charge in [0.25, 0.3) is 5.91 Å². The summed E-state index contributed by atoms with van der Waals surface area (Å²) in [7, 11) is 0. The zero-order valence-electron chi connectivity index (χ0n) is 15.2. The number of amides is 1. The topological polar surface area (TPSA) is 69.6 Å². The highest BCUT2D eigenvalue weighted by molar-refractivity contribution is 7.79. The Bertz CT molecular complexity index is 1020. The van der Waals surface area contributed by atoms with Crippen LogP contribution < -0.4 is 10.2 Å². The highest BCUT2D eigenvalue weighted by Crippen LogP contribution is 2.25. The van der Waals surface area contributed by atoms with Crippen molar-refractivity contribution in [3.05, 3.63) is 89.5 Å². The minimum Gasteiger partial charge on any atom is -0.367 e. The smallest absolute Gasteiger partial charge is 0.255 e. The molecule has 0 bridgehead atoms. The number of hydrogen-bond donors (Lipinski definition) is 2. The van der Waals surface area contributed by atoms with Crippen LogP contribution in [0, 0.1) is 0 Å². The van der Waals surface area contributed by atoms with Gasteiger partial charge < -0.3 is 14.8 Å². The van der Waals surface area contributed by atoms with Crippen molar-refractivity contribution in [2.45, 2.75) is 17.9 Å². The van der Waals surface area contributed by atoms with Crippen molar-refractivity contribution < 1.29 is 13.6 Å². The van der Waals surface area contributed by atoms with Crippen LogP contribution in [-0.4, -0.2) is 21.2 Å². The van der Waals surface area contributed by atoms with Crippen molar-refractivity contribution in [3.63, 3.8) is 0 Å². The quantitative estimate of drug-likeness (QED) is 0.657. The molecule has 1 aliphatic rings. The largest absolute Gasteiger partial charge is 0.367 e. The van der Waals surface area contributed by atoms with Crippen molar-refractivity contribution in [2.24, 2.45) is 0 Å². The van der Waals surface area contributed by atoms with Crippen molar-refractivity contribution in [2.75, 3.05) is 16.8 Å².